The molecule has 1 heterocycles. The first-order valence-electron chi connectivity index (χ1n) is 5.30. The molecule has 0 atom stereocenters. The highest BCUT2D eigenvalue weighted by Gasteiger charge is 2.05. The summed E-state index contributed by atoms with van der Waals surface area (Å²) in [6.07, 6.45) is 1.67. The topological polar surface area (TPSA) is 66.4 Å². The predicted octanol–water partition coefficient (Wildman–Crippen LogP) is 2.77. The molecule has 0 fully saturated rings. The number of amides is 1. The minimum Gasteiger partial charge on any atom is -0.481 e. The second kappa shape index (κ2) is 7.45. The van der Waals surface area contributed by atoms with Gasteiger partial charge in [-0.3, -0.25) is 9.59 Å². The first kappa shape index (κ1) is 14.2. The lowest BCUT2D eigenvalue weighted by Gasteiger charge is -2.03. The lowest BCUT2D eigenvalue weighted by Crippen LogP contribution is -2.22. The molecule has 1 amide bonds. The van der Waals surface area contributed by atoms with E-state index in [1.807, 2.05) is 11.4 Å². The molecule has 2 N–H and O–H groups in total. The molecule has 0 aliphatic carbocycles. The first-order valence-corrected chi connectivity index (χ1v) is 6.97. The summed E-state index contributed by atoms with van der Waals surface area (Å²) in [5.41, 5.74) is 1.06. The second-order valence-corrected chi connectivity index (χ2v) is 5.83. The molecule has 0 radical (unpaired) electrons. The van der Waals surface area contributed by atoms with E-state index in [1.54, 1.807) is 11.3 Å². The number of thiophene rings is 1. The molecule has 6 heteroatoms. The Labute approximate surface area is 112 Å². The van der Waals surface area contributed by atoms with Gasteiger partial charge in [-0.05, 0) is 45.8 Å². The largest absolute Gasteiger partial charge is 0.481 e. The van der Waals surface area contributed by atoms with Crippen molar-refractivity contribution in [3.63, 3.8) is 0 Å². The van der Waals surface area contributed by atoms with E-state index in [2.05, 4.69) is 21.2 Å². The van der Waals surface area contributed by atoms with Gasteiger partial charge in [0.25, 0.3) is 0 Å². The van der Waals surface area contributed by atoms with Gasteiger partial charge < -0.3 is 10.4 Å². The molecule has 0 saturated heterocycles. The molecule has 0 aliphatic heterocycles. The third-order valence-corrected chi connectivity index (χ3v) is 4.03. The summed E-state index contributed by atoms with van der Waals surface area (Å²) in [6.45, 7) is 0.516. The van der Waals surface area contributed by atoms with E-state index in [9.17, 15) is 9.59 Å². The Kier molecular flexibility index (Phi) is 6.21. The zero-order chi connectivity index (χ0) is 12.7. The Morgan fingerprint density at radius 1 is 1.35 bits per heavy atom. The zero-order valence-electron chi connectivity index (χ0n) is 9.24. The monoisotopic (exact) mass is 319 g/mol. The number of nitrogens with one attached hydrogen (secondary N) is 1. The van der Waals surface area contributed by atoms with E-state index in [0.29, 0.717) is 25.8 Å². The van der Waals surface area contributed by atoms with Crippen molar-refractivity contribution in [2.24, 2.45) is 0 Å². The quantitative estimate of drug-likeness (QED) is 0.759. The normalized spacial score (nSPS) is 10.2. The number of carbonyl (C=O) groups is 2. The molecular formula is C11H14BrNO3S. The highest BCUT2D eigenvalue weighted by molar-refractivity contribution is 9.11. The van der Waals surface area contributed by atoms with Crippen LogP contribution in [0.3, 0.4) is 0 Å². The van der Waals surface area contributed by atoms with Crippen LogP contribution in [0, 0.1) is 0 Å². The number of halogens is 1. The Morgan fingerprint density at radius 2 is 2.06 bits per heavy atom. The third kappa shape index (κ3) is 5.83. The number of unbranched alkanes of at least 4 members (excludes halogenated alkanes) is 1. The van der Waals surface area contributed by atoms with Crippen LogP contribution in [-0.2, 0) is 16.1 Å². The molecule has 1 aromatic rings. The summed E-state index contributed by atoms with van der Waals surface area (Å²) in [5.74, 6) is -0.846. The van der Waals surface area contributed by atoms with Gasteiger partial charge in [0.1, 0.15) is 0 Å². The van der Waals surface area contributed by atoms with E-state index in [0.717, 1.165) is 9.35 Å². The van der Waals surface area contributed by atoms with Crippen LogP contribution in [0.25, 0.3) is 0 Å². The first-order chi connectivity index (χ1) is 8.09. The summed E-state index contributed by atoms with van der Waals surface area (Å²) in [7, 11) is 0. The lowest BCUT2D eigenvalue weighted by molar-refractivity contribution is -0.137. The summed E-state index contributed by atoms with van der Waals surface area (Å²) in [4.78, 5) is 21.7. The smallest absolute Gasteiger partial charge is 0.303 e. The van der Waals surface area contributed by atoms with Crippen molar-refractivity contribution in [2.45, 2.75) is 32.2 Å². The molecule has 0 unspecified atom stereocenters. The van der Waals surface area contributed by atoms with Crippen LogP contribution in [0.2, 0.25) is 0 Å². The molecule has 94 valence electrons. The van der Waals surface area contributed by atoms with Gasteiger partial charge in [0, 0.05) is 19.4 Å². The van der Waals surface area contributed by atoms with Crippen LogP contribution in [-0.4, -0.2) is 17.0 Å². The Balaban J connectivity index is 2.13. The summed E-state index contributed by atoms with van der Waals surface area (Å²) >= 11 is 4.98. The molecule has 0 aromatic carbocycles. The molecule has 0 saturated carbocycles. The zero-order valence-corrected chi connectivity index (χ0v) is 11.6. The fraction of sp³-hybridized carbons (Fsp3) is 0.455. The fourth-order valence-corrected chi connectivity index (χ4v) is 2.53. The molecule has 0 aliphatic rings. The van der Waals surface area contributed by atoms with Gasteiger partial charge in [0.2, 0.25) is 5.91 Å². The molecule has 4 nitrogen and oxygen atoms in total. The van der Waals surface area contributed by atoms with E-state index in [-0.39, 0.29) is 12.3 Å². The number of hydrogen-bond acceptors (Lipinski definition) is 3. The third-order valence-electron chi connectivity index (χ3n) is 2.21. The highest BCUT2D eigenvalue weighted by Crippen LogP contribution is 2.22. The average Bonchev–Trinajstić information content (AvgIpc) is 2.67. The van der Waals surface area contributed by atoms with Crippen molar-refractivity contribution >= 4 is 39.1 Å². The molecule has 1 rings (SSSR count). The predicted molar refractivity (Wildman–Crippen MR) is 70.0 cm³/mol. The molecule has 1 aromatic heterocycles. The minimum absolute atomic E-state index is 0.0338. The minimum atomic E-state index is -0.812. The van der Waals surface area contributed by atoms with E-state index in [4.69, 9.17) is 5.11 Å². The van der Waals surface area contributed by atoms with Crippen LogP contribution >= 0.6 is 27.3 Å². The second-order valence-electron chi connectivity index (χ2n) is 3.60. The number of carboxylic acid groups (broad SMARTS) is 1. The van der Waals surface area contributed by atoms with Crippen LogP contribution in [0.15, 0.2) is 15.2 Å². The van der Waals surface area contributed by atoms with Crippen molar-refractivity contribution in [1.82, 2.24) is 5.32 Å². The lowest BCUT2D eigenvalue weighted by atomic mass is 10.2. The van der Waals surface area contributed by atoms with Gasteiger partial charge in [0.15, 0.2) is 0 Å². The summed E-state index contributed by atoms with van der Waals surface area (Å²) in [6, 6.07) is 1.96. The van der Waals surface area contributed by atoms with Crippen molar-refractivity contribution in [2.75, 3.05) is 0 Å². The number of carbonyl (C=O) groups excluding carboxylic acids is 1. The van der Waals surface area contributed by atoms with E-state index >= 15 is 0 Å². The van der Waals surface area contributed by atoms with E-state index < -0.39 is 5.97 Å². The van der Waals surface area contributed by atoms with Gasteiger partial charge in [0.05, 0.1) is 3.79 Å². The molecule has 17 heavy (non-hydrogen) atoms. The van der Waals surface area contributed by atoms with Crippen molar-refractivity contribution < 1.29 is 14.7 Å². The Morgan fingerprint density at radius 3 is 2.65 bits per heavy atom. The van der Waals surface area contributed by atoms with Crippen molar-refractivity contribution in [3.05, 3.63) is 20.8 Å². The van der Waals surface area contributed by atoms with Crippen LogP contribution in [0.5, 0.6) is 0 Å². The summed E-state index contributed by atoms with van der Waals surface area (Å²) in [5, 5.41) is 13.2. The maximum absolute atomic E-state index is 11.4. The van der Waals surface area contributed by atoms with Crippen LogP contribution in [0.1, 0.15) is 31.2 Å². The number of rotatable bonds is 7. The Hall–Kier alpha value is -0.880. The van der Waals surface area contributed by atoms with Gasteiger partial charge in [-0.2, -0.15) is 0 Å². The number of hydrogen-bond donors (Lipinski definition) is 2. The highest BCUT2D eigenvalue weighted by atomic mass is 79.9. The standard InChI is InChI=1S/C11H14BrNO3S/c12-11-8(5-6-17-11)7-13-9(14)3-1-2-4-10(15)16/h5-6H,1-4,7H2,(H,13,14)(H,15,16). The van der Waals surface area contributed by atoms with Crippen molar-refractivity contribution in [3.8, 4) is 0 Å². The maximum atomic E-state index is 11.4. The van der Waals surface area contributed by atoms with E-state index in [1.165, 1.54) is 0 Å². The average molecular weight is 320 g/mol. The number of aliphatic carboxylic acids is 1. The number of carboxylic acids is 1. The van der Waals surface area contributed by atoms with Crippen molar-refractivity contribution in [1.29, 1.82) is 0 Å². The SMILES string of the molecule is O=C(O)CCCCC(=O)NCc1ccsc1Br. The molecular weight excluding hydrogens is 306 g/mol. The molecule has 0 bridgehead atoms. The molecule has 0 spiro atoms. The fourth-order valence-electron chi connectivity index (χ4n) is 1.29. The maximum Gasteiger partial charge on any atom is 0.303 e. The summed E-state index contributed by atoms with van der Waals surface area (Å²) < 4.78 is 1.03. The van der Waals surface area contributed by atoms with Crippen LogP contribution in [0.4, 0.5) is 0 Å². The van der Waals surface area contributed by atoms with Gasteiger partial charge in [-0.25, -0.2) is 0 Å². The van der Waals surface area contributed by atoms with Gasteiger partial charge in [-0.1, -0.05) is 0 Å². The van der Waals surface area contributed by atoms with Gasteiger partial charge in [-0.15, -0.1) is 11.3 Å². The Bertz CT molecular complexity index is 392. The van der Waals surface area contributed by atoms with Gasteiger partial charge >= 0.3 is 5.97 Å². The van der Waals surface area contributed by atoms with Crippen LogP contribution < -0.4 is 5.32 Å².